The Morgan fingerprint density at radius 3 is 2.80 bits per heavy atom. The highest BCUT2D eigenvalue weighted by atomic mass is 35.5. The fourth-order valence-electron chi connectivity index (χ4n) is 0.296. The fourth-order valence-corrected chi connectivity index (χ4v) is 0.601. The van der Waals surface area contributed by atoms with E-state index in [4.69, 9.17) is 11.6 Å². The van der Waals surface area contributed by atoms with Gasteiger partial charge in [0.25, 0.3) is 0 Å². The van der Waals surface area contributed by atoms with Gasteiger partial charge in [0.1, 0.15) is 11.6 Å². The zero-order valence-electron chi connectivity index (χ0n) is 5.72. The van der Waals surface area contributed by atoms with Crippen LogP contribution in [0.4, 0.5) is 0 Å². The van der Waals surface area contributed by atoms with E-state index in [0.717, 1.165) is 5.75 Å². The number of halogens is 1. The Morgan fingerprint density at radius 1 is 1.80 bits per heavy atom. The minimum Gasteiger partial charge on any atom is -0.461 e. The molecule has 0 aliphatic heterocycles. The summed E-state index contributed by atoms with van der Waals surface area (Å²) in [5.41, 5.74) is 0. The van der Waals surface area contributed by atoms with Gasteiger partial charge in [-0.25, -0.2) is 4.79 Å². The average Bonchev–Trinajstić information content (AvgIpc) is 1.88. The lowest BCUT2D eigenvalue weighted by Gasteiger charge is -1.99. The van der Waals surface area contributed by atoms with Crippen molar-refractivity contribution in [1.29, 1.82) is 0 Å². The van der Waals surface area contributed by atoms with E-state index in [2.05, 4.69) is 11.3 Å². The first kappa shape index (κ1) is 9.85. The van der Waals surface area contributed by atoms with Crippen LogP contribution in [0, 0.1) is 0 Å². The molecule has 0 N–H and O–H groups in total. The second kappa shape index (κ2) is 5.62. The summed E-state index contributed by atoms with van der Waals surface area (Å²) in [7, 11) is 0. The highest BCUT2D eigenvalue weighted by Crippen LogP contribution is 2.00. The van der Waals surface area contributed by atoms with Crippen LogP contribution in [0.2, 0.25) is 0 Å². The van der Waals surface area contributed by atoms with Crippen molar-refractivity contribution in [2.24, 2.45) is 0 Å². The van der Waals surface area contributed by atoms with Crippen LogP contribution in [0.5, 0.6) is 0 Å². The molecular formula is C6H9ClO2S. The topological polar surface area (TPSA) is 26.3 Å². The van der Waals surface area contributed by atoms with E-state index in [1.165, 1.54) is 0 Å². The van der Waals surface area contributed by atoms with Gasteiger partial charge in [0.2, 0.25) is 0 Å². The minimum absolute atomic E-state index is 0.0684. The highest BCUT2D eigenvalue weighted by Gasteiger charge is 2.02. The summed E-state index contributed by atoms with van der Waals surface area (Å²) in [5.74, 6) is 0.256. The molecule has 4 heteroatoms. The van der Waals surface area contributed by atoms with Gasteiger partial charge < -0.3 is 4.74 Å². The van der Waals surface area contributed by atoms with Gasteiger partial charge in [-0.2, -0.15) is 11.8 Å². The maximum absolute atomic E-state index is 10.6. The molecule has 0 aromatic heterocycles. The van der Waals surface area contributed by atoms with Crippen molar-refractivity contribution in [1.82, 2.24) is 0 Å². The number of esters is 1. The fraction of sp³-hybridized carbons (Fsp3) is 0.500. The SMILES string of the molecule is C=C(Cl)C(=O)OCCSC. The molecule has 0 aliphatic carbocycles. The van der Waals surface area contributed by atoms with E-state index < -0.39 is 5.97 Å². The van der Waals surface area contributed by atoms with Crippen LogP contribution in [0.25, 0.3) is 0 Å². The largest absolute Gasteiger partial charge is 0.461 e. The van der Waals surface area contributed by atoms with Crippen molar-refractivity contribution in [3.63, 3.8) is 0 Å². The molecule has 58 valence electrons. The number of rotatable bonds is 4. The second-order valence-corrected chi connectivity index (χ2v) is 2.98. The molecule has 0 amide bonds. The Bertz CT molecular complexity index is 136. The molecule has 2 nitrogen and oxygen atoms in total. The first-order chi connectivity index (χ1) is 4.68. The average molecular weight is 181 g/mol. The maximum atomic E-state index is 10.6. The van der Waals surface area contributed by atoms with E-state index in [9.17, 15) is 4.79 Å². The monoisotopic (exact) mass is 180 g/mol. The van der Waals surface area contributed by atoms with Gasteiger partial charge in [-0.1, -0.05) is 18.2 Å². The van der Waals surface area contributed by atoms with Crippen molar-refractivity contribution in [2.45, 2.75) is 0 Å². The lowest BCUT2D eigenvalue weighted by molar-refractivity contribution is -0.137. The Hall–Kier alpha value is -0.150. The van der Waals surface area contributed by atoms with Crippen LogP contribution in [0.15, 0.2) is 11.6 Å². The summed E-state index contributed by atoms with van der Waals surface area (Å²) in [5, 5.41) is -0.0684. The van der Waals surface area contributed by atoms with Gasteiger partial charge in [0.15, 0.2) is 0 Å². The van der Waals surface area contributed by atoms with Crippen molar-refractivity contribution < 1.29 is 9.53 Å². The molecular weight excluding hydrogens is 172 g/mol. The lowest BCUT2D eigenvalue weighted by atomic mass is 10.6. The number of thioether (sulfide) groups is 1. The van der Waals surface area contributed by atoms with E-state index in [0.29, 0.717) is 6.61 Å². The van der Waals surface area contributed by atoms with Crippen LogP contribution in [-0.4, -0.2) is 24.6 Å². The van der Waals surface area contributed by atoms with E-state index >= 15 is 0 Å². The second-order valence-electron chi connectivity index (χ2n) is 1.53. The number of hydrogen-bond acceptors (Lipinski definition) is 3. The molecule has 0 radical (unpaired) electrons. The molecule has 0 saturated heterocycles. The number of carbonyl (C=O) groups is 1. The van der Waals surface area contributed by atoms with Crippen LogP contribution in [0.3, 0.4) is 0 Å². The predicted molar refractivity (Wildman–Crippen MR) is 44.3 cm³/mol. The van der Waals surface area contributed by atoms with Crippen molar-refractivity contribution in [2.75, 3.05) is 18.6 Å². The standard InChI is InChI=1S/C6H9ClO2S/c1-5(7)6(8)9-3-4-10-2/h1,3-4H2,2H3. The summed E-state index contributed by atoms with van der Waals surface area (Å²) < 4.78 is 4.65. The third-order valence-electron chi connectivity index (χ3n) is 0.742. The van der Waals surface area contributed by atoms with Gasteiger partial charge >= 0.3 is 5.97 Å². The van der Waals surface area contributed by atoms with Crippen LogP contribution < -0.4 is 0 Å². The molecule has 0 saturated carbocycles. The van der Waals surface area contributed by atoms with Crippen molar-refractivity contribution in [3.05, 3.63) is 11.6 Å². The molecule has 10 heavy (non-hydrogen) atoms. The summed E-state index contributed by atoms with van der Waals surface area (Å²) >= 11 is 6.84. The quantitative estimate of drug-likeness (QED) is 0.374. The van der Waals surface area contributed by atoms with E-state index in [1.807, 2.05) is 6.26 Å². The highest BCUT2D eigenvalue weighted by molar-refractivity contribution is 7.98. The number of ether oxygens (including phenoxy) is 1. The molecule has 0 aliphatic rings. The van der Waals surface area contributed by atoms with Gasteiger partial charge in [-0.05, 0) is 6.26 Å². The molecule has 0 rings (SSSR count). The summed E-state index contributed by atoms with van der Waals surface area (Å²) in [6.07, 6.45) is 1.93. The molecule has 0 atom stereocenters. The van der Waals surface area contributed by atoms with Crippen molar-refractivity contribution >= 4 is 29.3 Å². The number of carbonyl (C=O) groups excluding carboxylic acids is 1. The maximum Gasteiger partial charge on any atom is 0.349 e. The Labute approximate surface area is 69.6 Å². The van der Waals surface area contributed by atoms with Gasteiger partial charge in [-0.3, -0.25) is 0 Å². The summed E-state index contributed by atoms with van der Waals surface area (Å²) in [6, 6.07) is 0. The zero-order valence-corrected chi connectivity index (χ0v) is 7.30. The lowest BCUT2D eigenvalue weighted by Crippen LogP contribution is -2.06. The Balaban J connectivity index is 3.31. The smallest absolute Gasteiger partial charge is 0.349 e. The summed E-state index contributed by atoms with van der Waals surface area (Å²) in [6.45, 7) is 3.61. The first-order valence-corrected chi connectivity index (χ1v) is 4.46. The predicted octanol–water partition coefficient (Wildman–Crippen LogP) is 1.65. The van der Waals surface area contributed by atoms with Crippen molar-refractivity contribution in [3.8, 4) is 0 Å². The van der Waals surface area contributed by atoms with E-state index in [1.54, 1.807) is 11.8 Å². The van der Waals surface area contributed by atoms with Gasteiger partial charge in [0, 0.05) is 5.75 Å². The van der Waals surface area contributed by atoms with Crippen LogP contribution >= 0.6 is 23.4 Å². The molecule has 0 aromatic rings. The Kier molecular flexibility index (Phi) is 5.54. The van der Waals surface area contributed by atoms with Crippen LogP contribution in [-0.2, 0) is 9.53 Å². The number of hydrogen-bond donors (Lipinski definition) is 0. The van der Waals surface area contributed by atoms with Gasteiger partial charge in [0.05, 0.1) is 0 Å². The van der Waals surface area contributed by atoms with Gasteiger partial charge in [-0.15, -0.1) is 0 Å². The van der Waals surface area contributed by atoms with E-state index in [-0.39, 0.29) is 5.03 Å². The molecule has 0 bridgehead atoms. The third-order valence-corrected chi connectivity index (χ3v) is 1.47. The third kappa shape index (κ3) is 4.70. The molecule has 0 fully saturated rings. The molecule has 0 heterocycles. The summed E-state index contributed by atoms with van der Waals surface area (Å²) in [4.78, 5) is 10.6. The molecule has 0 aromatic carbocycles. The first-order valence-electron chi connectivity index (χ1n) is 2.69. The molecule has 0 unspecified atom stereocenters. The zero-order chi connectivity index (χ0) is 7.98. The molecule has 0 spiro atoms. The normalized spacial score (nSPS) is 9.00. The Morgan fingerprint density at radius 2 is 2.40 bits per heavy atom. The minimum atomic E-state index is -0.532. The van der Waals surface area contributed by atoms with Crippen LogP contribution in [0.1, 0.15) is 0 Å².